The molecule has 0 aliphatic heterocycles. The maximum Gasteiger partial charge on any atom is 0.265 e. The Morgan fingerprint density at radius 2 is 2.44 bits per heavy atom. The smallest absolute Gasteiger partial charge is 0.265 e. The number of amides is 1. The maximum absolute atomic E-state index is 10.4. The van der Waals surface area contributed by atoms with Crippen molar-refractivity contribution >= 4 is 28.5 Å². The van der Waals surface area contributed by atoms with Crippen molar-refractivity contribution in [2.24, 2.45) is 5.73 Å². The molecule has 9 heavy (non-hydrogen) atoms. The molecule has 0 bridgehead atoms. The third-order valence-corrected chi connectivity index (χ3v) is 1.54. The van der Waals surface area contributed by atoms with E-state index in [9.17, 15) is 4.79 Å². The number of hydrogen-bond acceptors (Lipinski definition) is 1. The normalized spacial score (nSPS) is 9.44. The second-order valence-corrected chi connectivity index (χ2v) is 2.84. The molecule has 0 atom stereocenters. The van der Waals surface area contributed by atoms with Crippen molar-refractivity contribution in [1.29, 1.82) is 0 Å². The van der Waals surface area contributed by atoms with Crippen molar-refractivity contribution in [2.45, 2.75) is 0 Å². The molecule has 0 fully saturated rings. The molecule has 1 aromatic heterocycles. The van der Waals surface area contributed by atoms with E-state index in [1.54, 1.807) is 12.3 Å². The van der Waals surface area contributed by atoms with Crippen LogP contribution in [0.25, 0.3) is 0 Å². The Morgan fingerprint density at radius 3 is 2.67 bits per heavy atom. The zero-order valence-corrected chi connectivity index (χ0v) is 6.68. The molecule has 0 aliphatic carbocycles. The lowest BCUT2D eigenvalue weighted by Gasteiger charge is -1.82. The summed E-state index contributed by atoms with van der Waals surface area (Å²) in [4.78, 5) is 13.1. The van der Waals surface area contributed by atoms with Gasteiger partial charge in [-0.15, -0.1) is 0 Å². The zero-order chi connectivity index (χ0) is 6.85. The van der Waals surface area contributed by atoms with Crippen molar-refractivity contribution in [2.75, 3.05) is 0 Å². The Bertz CT molecular complexity index is 231. The Labute approximate surface area is 65.8 Å². The van der Waals surface area contributed by atoms with Gasteiger partial charge in [-0.3, -0.25) is 4.79 Å². The van der Waals surface area contributed by atoms with E-state index in [-0.39, 0.29) is 0 Å². The van der Waals surface area contributed by atoms with E-state index in [0.29, 0.717) is 5.69 Å². The van der Waals surface area contributed by atoms with E-state index in [0.717, 1.165) is 3.57 Å². The number of primary amides is 1. The van der Waals surface area contributed by atoms with Crippen molar-refractivity contribution < 1.29 is 4.79 Å². The van der Waals surface area contributed by atoms with E-state index in [1.807, 2.05) is 0 Å². The molecule has 3 nitrogen and oxygen atoms in total. The minimum atomic E-state index is -0.419. The summed E-state index contributed by atoms with van der Waals surface area (Å²) >= 11 is 2.09. The predicted octanol–water partition coefficient (Wildman–Crippen LogP) is 0.718. The fourth-order valence-corrected chi connectivity index (χ4v) is 0.977. The van der Waals surface area contributed by atoms with Gasteiger partial charge in [0.15, 0.2) is 0 Å². The molecule has 3 N–H and O–H groups in total. The highest BCUT2D eigenvalue weighted by molar-refractivity contribution is 14.1. The standard InChI is InChI=1S/C5H5IN2O/c6-3-1-4(5(7)9)8-2-3/h1-2,8H,(H2,7,9). The number of aromatic nitrogens is 1. The van der Waals surface area contributed by atoms with Crippen LogP contribution in [0.4, 0.5) is 0 Å². The summed E-state index contributed by atoms with van der Waals surface area (Å²) < 4.78 is 0.987. The zero-order valence-electron chi connectivity index (χ0n) is 4.52. The molecule has 1 amide bonds. The van der Waals surface area contributed by atoms with E-state index >= 15 is 0 Å². The molecule has 48 valence electrons. The quantitative estimate of drug-likeness (QED) is 0.693. The van der Waals surface area contributed by atoms with Crippen LogP contribution in [0.3, 0.4) is 0 Å². The monoisotopic (exact) mass is 236 g/mol. The summed E-state index contributed by atoms with van der Waals surface area (Å²) in [6, 6.07) is 1.70. The summed E-state index contributed by atoms with van der Waals surface area (Å²) in [5, 5.41) is 0. The summed E-state index contributed by atoms with van der Waals surface area (Å²) in [6.45, 7) is 0. The van der Waals surface area contributed by atoms with E-state index in [1.165, 1.54) is 0 Å². The molecule has 1 aromatic rings. The van der Waals surface area contributed by atoms with Gasteiger partial charge < -0.3 is 10.7 Å². The van der Waals surface area contributed by atoms with Crippen LogP contribution < -0.4 is 5.73 Å². The lowest BCUT2D eigenvalue weighted by atomic mass is 10.4. The molecule has 0 spiro atoms. The van der Waals surface area contributed by atoms with Gasteiger partial charge in [0.25, 0.3) is 5.91 Å². The number of H-pyrrole nitrogens is 1. The van der Waals surface area contributed by atoms with Crippen LogP contribution in [0.1, 0.15) is 10.5 Å². The number of hydrogen-bond donors (Lipinski definition) is 2. The second kappa shape index (κ2) is 2.38. The minimum Gasteiger partial charge on any atom is -0.364 e. The number of aromatic amines is 1. The molecule has 0 radical (unpaired) electrons. The van der Waals surface area contributed by atoms with Crippen LogP contribution in [-0.4, -0.2) is 10.9 Å². The molecule has 4 heteroatoms. The van der Waals surface area contributed by atoms with Gasteiger partial charge >= 0.3 is 0 Å². The first-order chi connectivity index (χ1) is 4.20. The summed E-state index contributed by atoms with van der Waals surface area (Å²) in [5.74, 6) is -0.419. The van der Waals surface area contributed by atoms with Crippen LogP contribution in [0.2, 0.25) is 0 Å². The maximum atomic E-state index is 10.4. The van der Waals surface area contributed by atoms with Crippen LogP contribution in [0.15, 0.2) is 12.3 Å². The van der Waals surface area contributed by atoms with Gasteiger partial charge in [-0.25, -0.2) is 0 Å². The number of rotatable bonds is 1. The first kappa shape index (κ1) is 6.60. The largest absolute Gasteiger partial charge is 0.364 e. The fourth-order valence-electron chi connectivity index (χ4n) is 0.510. The first-order valence-electron chi connectivity index (χ1n) is 2.34. The minimum absolute atomic E-state index is 0.419. The van der Waals surface area contributed by atoms with Gasteiger partial charge in [-0.2, -0.15) is 0 Å². The van der Waals surface area contributed by atoms with Crippen molar-refractivity contribution in [3.8, 4) is 0 Å². The Balaban J connectivity index is 2.98. The fraction of sp³-hybridized carbons (Fsp3) is 0. The second-order valence-electron chi connectivity index (χ2n) is 1.60. The molecular formula is C5H5IN2O. The number of carbonyl (C=O) groups excluding carboxylic acids is 1. The van der Waals surface area contributed by atoms with Crippen LogP contribution in [0.5, 0.6) is 0 Å². The van der Waals surface area contributed by atoms with Gasteiger partial charge in [0.2, 0.25) is 0 Å². The Morgan fingerprint density at radius 1 is 1.78 bits per heavy atom. The topological polar surface area (TPSA) is 58.9 Å². The SMILES string of the molecule is NC(=O)c1cc(I)c[nH]1. The average Bonchev–Trinajstić information content (AvgIpc) is 2.14. The lowest BCUT2D eigenvalue weighted by Crippen LogP contribution is -2.10. The Kier molecular flexibility index (Phi) is 1.75. The molecule has 0 saturated carbocycles. The van der Waals surface area contributed by atoms with E-state index in [2.05, 4.69) is 27.6 Å². The molecule has 1 heterocycles. The van der Waals surface area contributed by atoms with Crippen LogP contribution in [-0.2, 0) is 0 Å². The molecular weight excluding hydrogens is 231 g/mol. The highest BCUT2D eigenvalue weighted by Crippen LogP contribution is 2.04. The van der Waals surface area contributed by atoms with E-state index in [4.69, 9.17) is 5.73 Å². The molecule has 0 aliphatic rings. The molecule has 0 unspecified atom stereocenters. The van der Waals surface area contributed by atoms with Gasteiger partial charge in [0, 0.05) is 9.77 Å². The molecule has 0 aromatic carbocycles. The highest BCUT2D eigenvalue weighted by Gasteiger charge is 2.00. The van der Waals surface area contributed by atoms with Crippen LogP contribution in [0, 0.1) is 3.57 Å². The lowest BCUT2D eigenvalue weighted by molar-refractivity contribution is 0.0996. The predicted molar refractivity (Wildman–Crippen MR) is 42.0 cm³/mol. The highest BCUT2D eigenvalue weighted by atomic mass is 127. The summed E-state index contributed by atoms with van der Waals surface area (Å²) in [7, 11) is 0. The number of carbonyl (C=O) groups is 1. The van der Waals surface area contributed by atoms with Gasteiger partial charge in [-0.1, -0.05) is 0 Å². The van der Waals surface area contributed by atoms with Crippen molar-refractivity contribution in [1.82, 2.24) is 4.98 Å². The number of nitrogens with two attached hydrogens (primary N) is 1. The summed E-state index contributed by atoms with van der Waals surface area (Å²) in [5.41, 5.74) is 5.41. The molecule has 0 saturated heterocycles. The summed E-state index contributed by atoms with van der Waals surface area (Å²) in [6.07, 6.45) is 1.72. The van der Waals surface area contributed by atoms with Gasteiger partial charge in [-0.05, 0) is 28.7 Å². The third-order valence-electron chi connectivity index (χ3n) is 0.913. The first-order valence-corrected chi connectivity index (χ1v) is 3.42. The van der Waals surface area contributed by atoms with Crippen molar-refractivity contribution in [3.63, 3.8) is 0 Å². The number of nitrogens with one attached hydrogen (secondary N) is 1. The van der Waals surface area contributed by atoms with Gasteiger partial charge in [0.05, 0.1) is 0 Å². The Hall–Kier alpha value is -0.520. The van der Waals surface area contributed by atoms with Crippen LogP contribution >= 0.6 is 22.6 Å². The van der Waals surface area contributed by atoms with Crippen molar-refractivity contribution in [3.05, 3.63) is 21.5 Å². The van der Waals surface area contributed by atoms with Gasteiger partial charge in [0.1, 0.15) is 5.69 Å². The average molecular weight is 236 g/mol. The number of halogens is 1. The van der Waals surface area contributed by atoms with E-state index < -0.39 is 5.91 Å². The molecule has 1 rings (SSSR count). The third kappa shape index (κ3) is 1.44.